The van der Waals surface area contributed by atoms with Gasteiger partial charge >= 0.3 is 5.76 Å². The molecule has 0 saturated carbocycles. The highest BCUT2D eigenvalue weighted by atomic mass is 79.9. The highest BCUT2D eigenvalue weighted by molar-refractivity contribution is 9.10. The van der Waals surface area contributed by atoms with Crippen molar-refractivity contribution >= 4 is 15.9 Å². The van der Waals surface area contributed by atoms with E-state index in [0.29, 0.717) is 5.69 Å². The molecule has 0 fully saturated rings. The fraction of sp³-hybridized carbons (Fsp3) is 0. The maximum Gasteiger partial charge on any atom is 0.441 e. The van der Waals surface area contributed by atoms with Gasteiger partial charge in [0.05, 0.1) is 5.69 Å². The highest BCUT2D eigenvalue weighted by Gasteiger charge is 2.01. The Hall–Kier alpha value is -1.36. The third-order valence-corrected chi connectivity index (χ3v) is 2.09. The molecule has 2 aromatic rings. The van der Waals surface area contributed by atoms with E-state index in [1.54, 1.807) is 12.1 Å². The van der Waals surface area contributed by atoms with Crippen molar-refractivity contribution in [2.45, 2.75) is 0 Å². The SMILES string of the molecule is O=c1ocnn1-c1ccc(Br)cc1. The number of benzene rings is 1. The minimum atomic E-state index is -0.484. The zero-order valence-electron chi connectivity index (χ0n) is 6.48. The maximum atomic E-state index is 11.0. The molecule has 13 heavy (non-hydrogen) atoms. The van der Waals surface area contributed by atoms with E-state index < -0.39 is 5.76 Å². The van der Waals surface area contributed by atoms with Crippen molar-refractivity contribution in [3.8, 4) is 5.69 Å². The lowest BCUT2D eigenvalue weighted by atomic mass is 10.3. The van der Waals surface area contributed by atoms with Gasteiger partial charge in [0.15, 0.2) is 0 Å². The molecule has 0 amide bonds. The number of aromatic nitrogens is 2. The molecule has 5 heteroatoms. The summed E-state index contributed by atoms with van der Waals surface area (Å²) in [5, 5.41) is 3.74. The van der Waals surface area contributed by atoms with Crippen molar-refractivity contribution in [1.82, 2.24) is 9.78 Å². The topological polar surface area (TPSA) is 48.0 Å². The van der Waals surface area contributed by atoms with E-state index in [2.05, 4.69) is 25.4 Å². The molecule has 0 atom stereocenters. The first kappa shape index (κ1) is 8.25. The molecular weight excluding hydrogens is 236 g/mol. The van der Waals surface area contributed by atoms with Gasteiger partial charge in [-0.2, -0.15) is 4.68 Å². The Bertz CT molecular complexity index is 457. The van der Waals surface area contributed by atoms with E-state index in [1.165, 1.54) is 4.68 Å². The molecule has 1 aromatic carbocycles. The van der Waals surface area contributed by atoms with Crippen molar-refractivity contribution in [1.29, 1.82) is 0 Å². The van der Waals surface area contributed by atoms with Crippen LogP contribution in [-0.2, 0) is 0 Å². The summed E-state index contributed by atoms with van der Waals surface area (Å²) in [6.07, 6.45) is 1.12. The molecule has 0 unspecified atom stereocenters. The minimum absolute atomic E-state index is 0.484. The zero-order chi connectivity index (χ0) is 9.26. The van der Waals surface area contributed by atoms with Crippen LogP contribution in [0, 0.1) is 0 Å². The monoisotopic (exact) mass is 240 g/mol. The molecule has 0 N–H and O–H groups in total. The molecule has 66 valence electrons. The number of rotatable bonds is 1. The van der Waals surface area contributed by atoms with E-state index in [0.717, 1.165) is 10.9 Å². The zero-order valence-corrected chi connectivity index (χ0v) is 8.06. The Kier molecular flexibility index (Phi) is 2.02. The molecule has 2 rings (SSSR count). The van der Waals surface area contributed by atoms with Crippen LogP contribution in [0.25, 0.3) is 5.69 Å². The predicted octanol–water partition coefficient (Wildman–Crippen LogP) is 1.59. The van der Waals surface area contributed by atoms with Crippen LogP contribution in [-0.4, -0.2) is 9.78 Å². The van der Waals surface area contributed by atoms with Gasteiger partial charge in [-0.1, -0.05) is 15.9 Å². The summed E-state index contributed by atoms with van der Waals surface area (Å²) in [6.45, 7) is 0. The summed E-state index contributed by atoms with van der Waals surface area (Å²) in [6, 6.07) is 7.20. The van der Waals surface area contributed by atoms with Gasteiger partial charge in [0, 0.05) is 4.47 Å². The van der Waals surface area contributed by atoms with Crippen LogP contribution in [0.1, 0.15) is 0 Å². The Labute approximate surface area is 81.9 Å². The smallest absolute Gasteiger partial charge is 0.395 e. The summed E-state index contributed by atoms with van der Waals surface area (Å²) in [5.74, 6) is -0.484. The quantitative estimate of drug-likeness (QED) is 0.761. The summed E-state index contributed by atoms with van der Waals surface area (Å²) in [5.41, 5.74) is 0.682. The number of hydrogen-bond acceptors (Lipinski definition) is 3. The maximum absolute atomic E-state index is 11.0. The normalized spacial score (nSPS) is 10.2. The summed E-state index contributed by atoms with van der Waals surface area (Å²) < 4.78 is 6.67. The second-order valence-corrected chi connectivity index (χ2v) is 3.31. The fourth-order valence-electron chi connectivity index (χ4n) is 0.967. The second kappa shape index (κ2) is 3.18. The Morgan fingerprint density at radius 1 is 1.31 bits per heavy atom. The molecule has 4 nitrogen and oxygen atoms in total. The Morgan fingerprint density at radius 2 is 2.00 bits per heavy atom. The second-order valence-electron chi connectivity index (χ2n) is 2.39. The fourth-order valence-corrected chi connectivity index (χ4v) is 1.23. The first-order chi connectivity index (χ1) is 6.27. The molecule has 0 aliphatic rings. The number of nitrogens with zero attached hydrogens (tertiary/aromatic N) is 2. The molecule has 0 bridgehead atoms. The van der Waals surface area contributed by atoms with Crippen molar-refractivity contribution in [3.05, 3.63) is 45.7 Å². The number of hydrogen-bond donors (Lipinski definition) is 0. The summed E-state index contributed by atoms with van der Waals surface area (Å²) in [7, 11) is 0. The van der Waals surface area contributed by atoms with Gasteiger partial charge in [-0.3, -0.25) is 0 Å². The van der Waals surface area contributed by atoms with Crippen LogP contribution in [0.4, 0.5) is 0 Å². The van der Waals surface area contributed by atoms with E-state index in [1.807, 2.05) is 12.1 Å². The van der Waals surface area contributed by atoms with Gasteiger partial charge in [0.25, 0.3) is 0 Å². The van der Waals surface area contributed by atoms with Crippen LogP contribution < -0.4 is 5.76 Å². The third-order valence-electron chi connectivity index (χ3n) is 1.56. The molecule has 0 aliphatic heterocycles. The molecule has 0 radical (unpaired) electrons. The van der Waals surface area contributed by atoms with E-state index in [9.17, 15) is 4.79 Å². The van der Waals surface area contributed by atoms with Gasteiger partial charge in [0.2, 0.25) is 6.39 Å². The van der Waals surface area contributed by atoms with Crippen molar-refractivity contribution < 1.29 is 4.42 Å². The van der Waals surface area contributed by atoms with Crippen molar-refractivity contribution in [3.63, 3.8) is 0 Å². The van der Waals surface area contributed by atoms with Crippen molar-refractivity contribution in [2.24, 2.45) is 0 Å². The molecule has 0 aliphatic carbocycles. The molecule has 0 saturated heterocycles. The number of halogens is 1. The molecule has 0 spiro atoms. The average Bonchev–Trinajstić information content (AvgIpc) is 2.53. The standard InChI is InChI=1S/C8H5BrN2O2/c9-6-1-3-7(4-2-6)11-8(12)13-5-10-11/h1-5H. The van der Waals surface area contributed by atoms with Crippen LogP contribution in [0.2, 0.25) is 0 Å². The van der Waals surface area contributed by atoms with Crippen LogP contribution in [0.5, 0.6) is 0 Å². The molecule has 1 heterocycles. The predicted molar refractivity (Wildman–Crippen MR) is 49.8 cm³/mol. The Morgan fingerprint density at radius 3 is 2.54 bits per heavy atom. The summed E-state index contributed by atoms with van der Waals surface area (Å²) >= 11 is 3.30. The molecule has 1 aromatic heterocycles. The van der Waals surface area contributed by atoms with Crippen LogP contribution in [0.3, 0.4) is 0 Å². The van der Waals surface area contributed by atoms with Gasteiger partial charge in [-0.25, -0.2) is 4.79 Å². The van der Waals surface area contributed by atoms with Crippen LogP contribution >= 0.6 is 15.9 Å². The van der Waals surface area contributed by atoms with E-state index in [4.69, 9.17) is 0 Å². The summed E-state index contributed by atoms with van der Waals surface area (Å²) in [4.78, 5) is 11.0. The average molecular weight is 241 g/mol. The lowest BCUT2D eigenvalue weighted by molar-refractivity contribution is 0.503. The van der Waals surface area contributed by atoms with Crippen molar-refractivity contribution in [2.75, 3.05) is 0 Å². The lowest BCUT2D eigenvalue weighted by Gasteiger charge is -1.96. The van der Waals surface area contributed by atoms with E-state index in [-0.39, 0.29) is 0 Å². The van der Waals surface area contributed by atoms with Gasteiger partial charge in [-0.05, 0) is 24.3 Å². The first-order valence-electron chi connectivity index (χ1n) is 3.56. The van der Waals surface area contributed by atoms with Gasteiger partial charge < -0.3 is 4.42 Å². The van der Waals surface area contributed by atoms with Gasteiger partial charge in [0.1, 0.15) is 0 Å². The molecular formula is C8H5BrN2O2. The van der Waals surface area contributed by atoms with Crippen LogP contribution in [0.15, 0.2) is 44.3 Å². The largest absolute Gasteiger partial charge is 0.441 e. The highest BCUT2D eigenvalue weighted by Crippen LogP contribution is 2.11. The van der Waals surface area contributed by atoms with Gasteiger partial charge in [-0.15, -0.1) is 5.10 Å². The third kappa shape index (κ3) is 1.55. The minimum Gasteiger partial charge on any atom is -0.395 e. The first-order valence-corrected chi connectivity index (χ1v) is 4.35. The Balaban J connectivity index is 2.54. The lowest BCUT2D eigenvalue weighted by Crippen LogP contribution is -2.12. The van der Waals surface area contributed by atoms with E-state index >= 15 is 0 Å².